The van der Waals surface area contributed by atoms with Gasteiger partial charge in [-0.1, -0.05) is 6.07 Å². The van der Waals surface area contributed by atoms with Crippen molar-refractivity contribution in [2.45, 2.75) is 6.92 Å². The van der Waals surface area contributed by atoms with Gasteiger partial charge in [-0.15, -0.1) is 0 Å². The van der Waals surface area contributed by atoms with Gasteiger partial charge < -0.3 is 4.74 Å². The van der Waals surface area contributed by atoms with Gasteiger partial charge in [0.25, 0.3) is 0 Å². The molecule has 0 heterocycles. The van der Waals surface area contributed by atoms with E-state index in [2.05, 4.69) is 15.9 Å². The molecule has 1 rings (SSSR count). The minimum absolute atomic E-state index is 0.299. The van der Waals surface area contributed by atoms with Crippen LogP contribution in [-0.4, -0.2) is 7.11 Å². The van der Waals surface area contributed by atoms with Crippen molar-refractivity contribution in [1.29, 1.82) is 0 Å². The van der Waals surface area contributed by atoms with Gasteiger partial charge in [0.1, 0.15) is 11.6 Å². The summed E-state index contributed by atoms with van der Waals surface area (Å²) in [5.41, 5.74) is 0.917. The van der Waals surface area contributed by atoms with Gasteiger partial charge in [-0.05, 0) is 34.5 Å². The van der Waals surface area contributed by atoms with E-state index in [1.165, 1.54) is 13.2 Å². The highest BCUT2D eigenvalue weighted by Crippen LogP contribution is 2.30. The minimum Gasteiger partial charge on any atom is -0.495 e. The topological polar surface area (TPSA) is 9.23 Å². The summed E-state index contributed by atoms with van der Waals surface area (Å²) in [7, 11) is 1.52. The number of hydrogen-bond donors (Lipinski definition) is 0. The van der Waals surface area contributed by atoms with Crippen LogP contribution in [0.15, 0.2) is 16.6 Å². The molecule has 1 aromatic rings. The average molecular weight is 219 g/mol. The first-order valence-electron chi connectivity index (χ1n) is 3.15. The number of halogens is 2. The van der Waals surface area contributed by atoms with Gasteiger partial charge in [-0.3, -0.25) is 0 Å². The molecule has 0 fully saturated rings. The molecule has 3 heteroatoms. The molecule has 11 heavy (non-hydrogen) atoms. The predicted octanol–water partition coefficient (Wildman–Crippen LogP) is 2.91. The molecule has 60 valence electrons. The van der Waals surface area contributed by atoms with Crippen molar-refractivity contribution in [3.05, 3.63) is 28.0 Å². The summed E-state index contributed by atoms with van der Waals surface area (Å²) in [6, 6.07) is 3.08. The normalized spacial score (nSPS) is 9.82. The van der Waals surface area contributed by atoms with E-state index in [-0.39, 0.29) is 5.82 Å². The van der Waals surface area contributed by atoms with Crippen LogP contribution in [-0.2, 0) is 0 Å². The Morgan fingerprint density at radius 1 is 1.45 bits per heavy atom. The molecule has 0 N–H and O–H groups in total. The van der Waals surface area contributed by atoms with E-state index in [4.69, 9.17) is 4.74 Å². The van der Waals surface area contributed by atoms with Gasteiger partial charge in [-0.2, -0.15) is 0 Å². The molecule has 0 aliphatic carbocycles. The van der Waals surface area contributed by atoms with Gasteiger partial charge in [0, 0.05) is 0 Å². The Bertz CT molecular complexity index is 273. The maximum absolute atomic E-state index is 12.8. The van der Waals surface area contributed by atoms with Gasteiger partial charge in [0.15, 0.2) is 0 Å². The largest absolute Gasteiger partial charge is 0.495 e. The Morgan fingerprint density at radius 2 is 2.09 bits per heavy atom. The number of rotatable bonds is 1. The third kappa shape index (κ3) is 1.53. The monoisotopic (exact) mass is 218 g/mol. The van der Waals surface area contributed by atoms with Crippen LogP contribution in [0.2, 0.25) is 0 Å². The maximum Gasteiger partial charge on any atom is 0.141 e. The van der Waals surface area contributed by atoms with E-state index in [0.717, 1.165) is 5.56 Å². The summed E-state index contributed by atoms with van der Waals surface area (Å²) in [5.74, 6) is 0.262. The van der Waals surface area contributed by atoms with E-state index in [0.29, 0.717) is 10.2 Å². The maximum atomic E-state index is 12.8. The molecule has 0 unspecified atom stereocenters. The molecule has 1 nitrogen and oxygen atoms in total. The fourth-order valence-electron chi connectivity index (χ4n) is 0.879. The quantitative estimate of drug-likeness (QED) is 0.705. The van der Waals surface area contributed by atoms with Crippen molar-refractivity contribution in [1.82, 2.24) is 0 Å². The van der Waals surface area contributed by atoms with E-state index < -0.39 is 0 Å². The first-order chi connectivity index (χ1) is 5.16. The number of hydrogen-bond acceptors (Lipinski definition) is 1. The molecule has 0 bridgehead atoms. The summed E-state index contributed by atoms with van der Waals surface area (Å²) in [6.45, 7) is 1.86. The molecular weight excluding hydrogens is 211 g/mol. The second kappa shape index (κ2) is 3.22. The highest BCUT2D eigenvalue weighted by atomic mass is 79.9. The lowest BCUT2D eigenvalue weighted by molar-refractivity contribution is 0.404. The standard InChI is InChI=1S/C8H8BrFO/c1-5-3-4-6(10)7(9)8(5)11-2/h3-4H,1-2H3. The van der Waals surface area contributed by atoms with Crippen LogP contribution in [0.1, 0.15) is 5.56 Å². The number of methoxy groups -OCH3 is 1. The Labute approximate surface area is 73.3 Å². The van der Waals surface area contributed by atoms with Crippen LogP contribution in [0.5, 0.6) is 5.75 Å². The fraction of sp³-hybridized carbons (Fsp3) is 0.250. The van der Waals surface area contributed by atoms with Crippen molar-refractivity contribution >= 4 is 15.9 Å². The van der Waals surface area contributed by atoms with Gasteiger partial charge >= 0.3 is 0 Å². The molecule has 0 aromatic heterocycles. The van der Waals surface area contributed by atoms with Crippen LogP contribution in [0, 0.1) is 12.7 Å². The number of ether oxygens (including phenoxy) is 1. The summed E-state index contributed by atoms with van der Waals surface area (Å²) >= 11 is 3.09. The SMILES string of the molecule is COc1c(C)ccc(F)c1Br. The van der Waals surface area contributed by atoms with E-state index in [1.807, 2.05) is 6.92 Å². The van der Waals surface area contributed by atoms with Crippen LogP contribution >= 0.6 is 15.9 Å². The average Bonchev–Trinajstić information content (AvgIpc) is 1.99. The summed E-state index contributed by atoms with van der Waals surface area (Å²) in [5, 5.41) is 0. The molecular formula is C8H8BrFO. The Kier molecular flexibility index (Phi) is 2.49. The van der Waals surface area contributed by atoms with Gasteiger partial charge in [-0.25, -0.2) is 4.39 Å². The smallest absolute Gasteiger partial charge is 0.141 e. The molecule has 1 aromatic carbocycles. The summed E-state index contributed by atoms with van der Waals surface area (Å²) < 4.78 is 18.2. The molecule has 0 radical (unpaired) electrons. The fourth-order valence-corrected chi connectivity index (χ4v) is 1.49. The van der Waals surface area contributed by atoms with E-state index in [1.54, 1.807) is 6.07 Å². The Balaban J connectivity index is 3.29. The van der Waals surface area contributed by atoms with E-state index >= 15 is 0 Å². The summed E-state index contributed by atoms with van der Waals surface area (Å²) in [6.07, 6.45) is 0. The van der Waals surface area contributed by atoms with Crippen LogP contribution in [0.4, 0.5) is 4.39 Å². The highest BCUT2D eigenvalue weighted by molar-refractivity contribution is 9.10. The van der Waals surface area contributed by atoms with Crippen molar-refractivity contribution < 1.29 is 9.13 Å². The van der Waals surface area contributed by atoms with E-state index in [9.17, 15) is 4.39 Å². The minimum atomic E-state index is -0.299. The zero-order valence-electron chi connectivity index (χ0n) is 6.32. The zero-order valence-corrected chi connectivity index (χ0v) is 7.90. The molecule has 0 aliphatic rings. The molecule has 0 atom stereocenters. The third-order valence-electron chi connectivity index (χ3n) is 1.45. The second-order valence-electron chi connectivity index (χ2n) is 2.21. The zero-order chi connectivity index (χ0) is 8.43. The van der Waals surface area contributed by atoms with Crippen LogP contribution in [0.25, 0.3) is 0 Å². The molecule has 0 spiro atoms. The lowest BCUT2D eigenvalue weighted by Gasteiger charge is -2.06. The first kappa shape index (κ1) is 8.53. The summed E-state index contributed by atoms with van der Waals surface area (Å²) in [4.78, 5) is 0. The Hall–Kier alpha value is -0.570. The lowest BCUT2D eigenvalue weighted by atomic mass is 10.2. The number of benzene rings is 1. The van der Waals surface area contributed by atoms with Crippen molar-refractivity contribution in [2.24, 2.45) is 0 Å². The van der Waals surface area contributed by atoms with Crippen molar-refractivity contribution in [2.75, 3.05) is 7.11 Å². The number of aryl methyl sites for hydroxylation is 1. The van der Waals surface area contributed by atoms with Gasteiger partial charge in [0.2, 0.25) is 0 Å². The first-order valence-corrected chi connectivity index (χ1v) is 3.94. The van der Waals surface area contributed by atoms with Crippen LogP contribution in [0.3, 0.4) is 0 Å². The third-order valence-corrected chi connectivity index (χ3v) is 2.19. The van der Waals surface area contributed by atoms with Gasteiger partial charge in [0.05, 0.1) is 11.6 Å². The highest BCUT2D eigenvalue weighted by Gasteiger charge is 2.07. The molecule has 0 aliphatic heterocycles. The van der Waals surface area contributed by atoms with Crippen LogP contribution < -0.4 is 4.74 Å². The Morgan fingerprint density at radius 3 is 2.55 bits per heavy atom. The molecule has 0 amide bonds. The molecule has 0 saturated heterocycles. The molecule has 0 saturated carbocycles. The second-order valence-corrected chi connectivity index (χ2v) is 3.00. The predicted molar refractivity (Wildman–Crippen MR) is 45.4 cm³/mol. The lowest BCUT2D eigenvalue weighted by Crippen LogP contribution is -1.90. The van der Waals surface area contributed by atoms with Crippen molar-refractivity contribution in [3.63, 3.8) is 0 Å². The van der Waals surface area contributed by atoms with Crippen molar-refractivity contribution in [3.8, 4) is 5.75 Å².